The van der Waals surface area contributed by atoms with Crippen LogP contribution in [0.15, 0.2) is 46.6 Å². The number of aryl methyl sites for hydroxylation is 2. The van der Waals surface area contributed by atoms with Crippen LogP contribution in [-0.4, -0.2) is 15.9 Å². The highest BCUT2D eigenvalue weighted by Gasteiger charge is 2.12. The van der Waals surface area contributed by atoms with Gasteiger partial charge in [0.15, 0.2) is 0 Å². The number of aromatic amines is 1. The second kappa shape index (κ2) is 6.80. The molecule has 0 radical (unpaired) electrons. The van der Waals surface area contributed by atoms with E-state index in [1.54, 1.807) is 19.1 Å². The van der Waals surface area contributed by atoms with Crippen LogP contribution in [0.5, 0.6) is 0 Å². The van der Waals surface area contributed by atoms with Gasteiger partial charge in [-0.2, -0.15) is 0 Å². The highest BCUT2D eigenvalue weighted by Crippen LogP contribution is 2.21. The Balaban J connectivity index is 1.80. The Labute approximate surface area is 143 Å². The molecule has 0 saturated heterocycles. The van der Waals surface area contributed by atoms with E-state index in [4.69, 9.17) is 0 Å². The molecule has 1 amide bonds. The molecule has 0 unspecified atom stereocenters. The van der Waals surface area contributed by atoms with Gasteiger partial charge in [0, 0.05) is 23.0 Å². The number of amides is 1. The van der Waals surface area contributed by atoms with Gasteiger partial charge in [-0.25, -0.2) is 4.98 Å². The highest BCUT2D eigenvalue weighted by molar-refractivity contribution is 7.12. The van der Waals surface area contributed by atoms with Crippen LogP contribution in [-0.2, 0) is 6.42 Å². The lowest BCUT2D eigenvalue weighted by Crippen LogP contribution is -2.12. The maximum absolute atomic E-state index is 12.3. The Morgan fingerprint density at radius 2 is 2.00 bits per heavy atom. The molecule has 0 saturated carbocycles. The molecule has 3 rings (SSSR count). The minimum Gasteiger partial charge on any atom is -0.321 e. The van der Waals surface area contributed by atoms with Gasteiger partial charge in [0.1, 0.15) is 5.82 Å². The van der Waals surface area contributed by atoms with Gasteiger partial charge < -0.3 is 10.3 Å². The summed E-state index contributed by atoms with van der Waals surface area (Å²) >= 11 is 1.44. The topological polar surface area (TPSA) is 74.8 Å². The summed E-state index contributed by atoms with van der Waals surface area (Å²) in [5, 5.41) is 4.83. The van der Waals surface area contributed by atoms with Crippen molar-refractivity contribution in [2.75, 3.05) is 5.32 Å². The van der Waals surface area contributed by atoms with Gasteiger partial charge in [0.25, 0.3) is 11.5 Å². The summed E-state index contributed by atoms with van der Waals surface area (Å²) < 4.78 is 0. The van der Waals surface area contributed by atoms with E-state index >= 15 is 0 Å². The summed E-state index contributed by atoms with van der Waals surface area (Å²) in [4.78, 5) is 31.6. The molecule has 0 aliphatic heterocycles. The molecular formula is C18H17N3O2S. The first-order chi connectivity index (χ1) is 11.6. The van der Waals surface area contributed by atoms with E-state index in [-0.39, 0.29) is 11.5 Å². The first-order valence-electron chi connectivity index (χ1n) is 7.63. The van der Waals surface area contributed by atoms with E-state index in [2.05, 4.69) is 15.3 Å². The van der Waals surface area contributed by atoms with E-state index in [0.717, 1.165) is 22.4 Å². The van der Waals surface area contributed by atoms with Crippen molar-refractivity contribution in [3.63, 3.8) is 0 Å². The molecular weight excluding hydrogens is 322 g/mol. The number of nitrogens with one attached hydrogen (secondary N) is 2. The molecule has 5 nitrogen and oxygen atoms in total. The van der Waals surface area contributed by atoms with Gasteiger partial charge in [0.2, 0.25) is 0 Å². The molecule has 2 aromatic heterocycles. The summed E-state index contributed by atoms with van der Waals surface area (Å²) in [6.07, 6.45) is 0.831. The largest absolute Gasteiger partial charge is 0.321 e. The molecule has 6 heteroatoms. The molecule has 3 aromatic rings. The number of nitrogens with zero attached hydrogens (tertiary/aromatic N) is 1. The van der Waals surface area contributed by atoms with E-state index in [1.165, 1.54) is 17.4 Å². The second-order valence-corrected chi connectivity index (χ2v) is 6.31. The fourth-order valence-corrected chi connectivity index (χ4v) is 3.32. The number of rotatable bonds is 4. The van der Waals surface area contributed by atoms with Gasteiger partial charge in [-0.15, -0.1) is 11.3 Å². The van der Waals surface area contributed by atoms with Crippen LogP contribution in [0, 0.1) is 6.92 Å². The first-order valence-corrected chi connectivity index (χ1v) is 8.51. The lowest BCUT2D eigenvalue weighted by molar-refractivity contribution is 0.103. The van der Waals surface area contributed by atoms with Crippen LogP contribution < -0.4 is 10.9 Å². The number of carbonyl (C=O) groups is 1. The van der Waals surface area contributed by atoms with E-state index < -0.39 is 0 Å². The Bertz CT molecular complexity index is 926. The zero-order chi connectivity index (χ0) is 17.1. The predicted molar refractivity (Wildman–Crippen MR) is 96.7 cm³/mol. The van der Waals surface area contributed by atoms with Crippen molar-refractivity contribution in [2.24, 2.45) is 0 Å². The zero-order valence-corrected chi connectivity index (χ0v) is 14.2. The van der Waals surface area contributed by atoms with E-state index in [9.17, 15) is 9.59 Å². The number of carbonyl (C=O) groups excluding carboxylic acids is 1. The normalized spacial score (nSPS) is 10.6. The van der Waals surface area contributed by atoms with E-state index in [1.807, 2.05) is 30.5 Å². The lowest BCUT2D eigenvalue weighted by Gasteiger charge is -2.07. The van der Waals surface area contributed by atoms with Gasteiger partial charge in [-0.3, -0.25) is 9.59 Å². The Kier molecular flexibility index (Phi) is 4.57. The third-order valence-electron chi connectivity index (χ3n) is 3.62. The third-order valence-corrected chi connectivity index (χ3v) is 4.58. The molecule has 0 aliphatic rings. The van der Waals surface area contributed by atoms with Crippen LogP contribution in [0.3, 0.4) is 0 Å². The predicted octanol–water partition coefficient (Wildman–Crippen LogP) is 3.62. The van der Waals surface area contributed by atoms with Crippen LogP contribution in [0.2, 0.25) is 0 Å². The van der Waals surface area contributed by atoms with E-state index in [0.29, 0.717) is 17.2 Å². The molecule has 2 heterocycles. The number of hydrogen-bond acceptors (Lipinski definition) is 4. The van der Waals surface area contributed by atoms with Crippen molar-refractivity contribution >= 4 is 22.9 Å². The first kappa shape index (κ1) is 16.1. The number of benzene rings is 1. The van der Waals surface area contributed by atoms with Crippen molar-refractivity contribution in [1.29, 1.82) is 0 Å². The van der Waals surface area contributed by atoms with Crippen molar-refractivity contribution < 1.29 is 4.79 Å². The minimum absolute atomic E-state index is 0.100. The Hall–Kier alpha value is -2.73. The maximum atomic E-state index is 12.3. The molecule has 2 N–H and O–H groups in total. The third kappa shape index (κ3) is 3.44. The molecule has 0 fully saturated rings. The molecule has 0 bridgehead atoms. The average molecular weight is 339 g/mol. The molecule has 0 spiro atoms. The molecule has 0 atom stereocenters. The Morgan fingerprint density at radius 3 is 2.67 bits per heavy atom. The van der Waals surface area contributed by atoms with Crippen molar-refractivity contribution in [2.45, 2.75) is 20.3 Å². The number of aromatic nitrogens is 2. The molecule has 122 valence electrons. The van der Waals surface area contributed by atoms with Gasteiger partial charge >= 0.3 is 0 Å². The standard InChI is InChI=1S/C18H17N3O2S/c1-3-12-8-9-24-16(12)18(23)20-14-6-4-13(5-7-14)17-19-11(2)10-15(22)21-17/h4-10H,3H2,1-2H3,(H,20,23)(H,19,21,22). The van der Waals surface area contributed by atoms with Crippen molar-refractivity contribution in [3.8, 4) is 11.4 Å². The quantitative estimate of drug-likeness (QED) is 0.762. The van der Waals surface area contributed by atoms with Gasteiger partial charge in [0.05, 0.1) is 4.88 Å². The van der Waals surface area contributed by atoms with Crippen molar-refractivity contribution in [1.82, 2.24) is 9.97 Å². The number of anilines is 1. The van der Waals surface area contributed by atoms with Gasteiger partial charge in [-0.1, -0.05) is 6.92 Å². The SMILES string of the molecule is CCc1ccsc1C(=O)Nc1ccc(-c2nc(C)cc(=O)[nH]2)cc1. The lowest BCUT2D eigenvalue weighted by atomic mass is 10.1. The number of thiophene rings is 1. The number of hydrogen-bond donors (Lipinski definition) is 2. The van der Waals surface area contributed by atoms with Crippen LogP contribution in [0.4, 0.5) is 5.69 Å². The molecule has 1 aromatic carbocycles. The molecule has 0 aliphatic carbocycles. The van der Waals surface area contributed by atoms with Crippen molar-refractivity contribution in [3.05, 3.63) is 68.3 Å². The fraction of sp³-hybridized carbons (Fsp3) is 0.167. The summed E-state index contributed by atoms with van der Waals surface area (Å²) in [6, 6.07) is 10.7. The second-order valence-electron chi connectivity index (χ2n) is 5.40. The zero-order valence-electron chi connectivity index (χ0n) is 13.4. The van der Waals surface area contributed by atoms with Crippen LogP contribution >= 0.6 is 11.3 Å². The smallest absolute Gasteiger partial charge is 0.266 e. The highest BCUT2D eigenvalue weighted by atomic mass is 32.1. The average Bonchev–Trinajstić information content (AvgIpc) is 3.03. The van der Waals surface area contributed by atoms with Crippen LogP contribution in [0.25, 0.3) is 11.4 Å². The summed E-state index contributed by atoms with van der Waals surface area (Å²) in [5.41, 5.74) is 3.03. The summed E-state index contributed by atoms with van der Waals surface area (Å²) in [7, 11) is 0. The fourth-order valence-electron chi connectivity index (χ4n) is 2.43. The monoisotopic (exact) mass is 339 g/mol. The van der Waals surface area contributed by atoms with Crippen LogP contribution in [0.1, 0.15) is 27.9 Å². The Morgan fingerprint density at radius 1 is 1.25 bits per heavy atom. The maximum Gasteiger partial charge on any atom is 0.266 e. The molecule has 24 heavy (non-hydrogen) atoms. The number of H-pyrrole nitrogens is 1. The summed E-state index contributed by atoms with van der Waals surface area (Å²) in [6.45, 7) is 3.81. The minimum atomic E-state index is -0.181. The van der Waals surface area contributed by atoms with Gasteiger partial charge in [-0.05, 0) is 54.6 Å². The summed E-state index contributed by atoms with van der Waals surface area (Å²) in [5.74, 6) is 0.418.